The third kappa shape index (κ3) is 2.97. The number of aromatic nitrogens is 1. The normalized spacial score (nSPS) is 10.9. The number of nitrogens with zero attached hydrogens (tertiary/aromatic N) is 1. The number of ether oxygens (including phenoxy) is 1. The Morgan fingerprint density at radius 2 is 1.87 bits per heavy atom. The highest BCUT2D eigenvalue weighted by molar-refractivity contribution is 6.35. The van der Waals surface area contributed by atoms with E-state index in [9.17, 15) is 4.79 Å². The predicted molar refractivity (Wildman–Crippen MR) is 94.7 cm³/mol. The van der Waals surface area contributed by atoms with Gasteiger partial charge < -0.3 is 9.30 Å². The molecule has 0 atom stereocenters. The molecule has 0 unspecified atom stereocenters. The van der Waals surface area contributed by atoms with Crippen molar-refractivity contribution < 1.29 is 4.74 Å². The average molecular weight is 328 g/mol. The van der Waals surface area contributed by atoms with Gasteiger partial charge in [0.1, 0.15) is 5.75 Å². The van der Waals surface area contributed by atoms with Crippen LogP contribution in [-0.2, 0) is 13.0 Å². The van der Waals surface area contributed by atoms with Gasteiger partial charge in [-0.1, -0.05) is 42.8 Å². The molecule has 118 valence electrons. The van der Waals surface area contributed by atoms with Crippen LogP contribution in [0.2, 0.25) is 5.02 Å². The molecule has 0 amide bonds. The van der Waals surface area contributed by atoms with E-state index >= 15 is 0 Å². The van der Waals surface area contributed by atoms with Gasteiger partial charge in [-0.3, -0.25) is 4.79 Å². The van der Waals surface area contributed by atoms with Gasteiger partial charge >= 0.3 is 0 Å². The molecule has 3 aromatic rings. The number of rotatable bonds is 4. The maximum absolute atomic E-state index is 12.9. The molecule has 4 heteroatoms. The third-order valence-electron chi connectivity index (χ3n) is 4.04. The molecule has 1 aromatic heterocycles. The average Bonchev–Trinajstić information content (AvgIpc) is 2.57. The van der Waals surface area contributed by atoms with E-state index in [-0.39, 0.29) is 5.56 Å². The van der Waals surface area contributed by atoms with Gasteiger partial charge in [0.05, 0.1) is 24.1 Å². The lowest BCUT2D eigenvalue weighted by atomic mass is 10.1. The number of halogens is 1. The van der Waals surface area contributed by atoms with Crippen molar-refractivity contribution in [1.82, 2.24) is 4.57 Å². The Hall–Kier alpha value is -2.26. The van der Waals surface area contributed by atoms with Crippen molar-refractivity contribution >= 4 is 22.4 Å². The summed E-state index contributed by atoms with van der Waals surface area (Å²) in [4.78, 5) is 12.9. The van der Waals surface area contributed by atoms with Crippen LogP contribution in [0.1, 0.15) is 18.2 Å². The molecule has 3 nitrogen and oxygen atoms in total. The van der Waals surface area contributed by atoms with Crippen LogP contribution in [0, 0.1) is 0 Å². The lowest BCUT2D eigenvalue weighted by Gasteiger charge is -2.14. The molecule has 0 fully saturated rings. The van der Waals surface area contributed by atoms with Gasteiger partial charge in [-0.25, -0.2) is 0 Å². The fourth-order valence-corrected chi connectivity index (χ4v) is 3.05. The third-order valence-corrected chi connectivity index (χ3v) is 4.35. The number of benzene rings is 2. The maximum Gasteiger partial charge on any atom is 0.260 e. The summed E-state index contributed by atoms with van der Waals surface area (Å²) in [6.45, 7) is 2.57. The number of pyridine rings is 1. The summed E-state index contributed by atoms with van der Waals surface area (Å²) in [6.07, 6.45) is 0.786. The summed E-state index contributed by atoms with van der Waals surface area (Å²) < 4.78 is 6.98. The van der Waals surface area contributed by atoms with Crippen molar-refractivity contribution in [2.75, 3.05) is 7.11 Å². The van der Waals surface area contributed by atoms with Crippen molar-refractivity contribution in [3.63, 3.8) is 0 Å². The van der Waals surface area contributed by atoms with Gasteiger partial charge in [0, 0.05) is 5.69 Å². The maximum atomic E-state index is 12.9. The second kappa shape index (κ2) is 6.47. The molecule has 0 aliphatic rings. The van der Waals surface area contributed by atoms with Crippen LogP contribution < -0.4 is 10.3 Å². The molecule has 3 rings (SSSR count). The van der Waals surface area contributed by atoms with Crippen molar-refractivity contribution in [1.29, 1.82) is 0 Å². The van der Waals surface area contributed by atoms with Crippen LogP contribution >= 0.6 is 11.6 Å². The van der Waals surface area contributed by atoms with Crippen molar-refractivity contribution in [3.8, 4) is 5.75 Å². The summed E-state index contributed by atoms with van der Waals surface area (Å²) in [5.41, 5.74) is 2.01. The van der Waals surface area contributed by atoms with Crippen LogP contribution in [0.5, 0.6) is 5.75 Å². The molecule has 0 saturated heterocycles. The minimum atomic E-state index is -0.0410. The fraction of sp³-hybridized carbons (Fsp3) is 0.211. The lowest BCUT2D eigenvalue weighted by molar-refractivity contribution is 0.414. The highest BCUT2D eigenvalue weighted by atomic mass is 35.5. The first-order valence-electron chi connectivity index (χ1n) is 7.58. The van der Waals surface area contributed by atoms with E-state index in [1.54, 1.807) is 17.7 Å². The van der Waals surface area contributed by atoms with Gasteiger partial charge in [0.2, 0.25) is 0 Å². The molecule has 1 heterocycles. The van der Waals surface area contributed by atoms with E-state index in [4.69, 9.17) is 16.3 Å². The van der Waals surface area contributed by atoms with Crippen LogP contribution in [0.15, 0.2) is 53.3 Å². The summed E-state index contributed by atoms with van der Waals surface area (Å²) in [5, 5.41) is 1.98. The Labute approximate surface area is 140 Å². The van der Waals surface area contributed by atoms with E-state index in [1.165, 1.54) is 0 Å². The van der Waals surface area contributed by atoms with Crippen molar-refractivity contribution in [3.05, 3.63) is 75.2 Å². The molecule has 0 saturated carbocycles. The lowest BCUT2D eigenvalue weighted by Crippen LogP contribution is -2.24. The summed E-state index contributed by atoms with van der Waals surface area (Å²) in [5.74, 6) is 0.804. The topological polar surface area (TPSA) is 31.2 Å². The molecule has 0 bridgehead atoms. The van der Waals surface area contributed by atoms with E-state index in [2.05, 4.69) is 6.92 Å². The SMILES string of the molecule is CCc1cc2cccc(Cl)c2c(=O)n1Cc1ccc(OC)cc1. The molecular formula is C19H18ClNO2. The van der Waals surface area contributed by atoms with Crippen LogP contribution in [0.3, 0.4) is 0 Å². The number of fused-ring (bicyclic) bond motifs is 1. The summed E-state index contributed by atoms with van der Waals surface area (Å²) in [7, 11) is 1.64. The molecule has 0 radical (unpaired) electrons. The first-order valence-corrected chi connectivity index (χ1v) is 7.95. The van der Waals surface area contributed by atoms with E-state index in [0.29, 0.717) is 17.0 Å². The van der Waals surface area contributed by atoms with E-state index in [0.717, 1.165) is 28.8 Å². The highest BCUT2D eigenvalue weighted by Crippen LogP contribution is 2.22. The Morgan fingerprint density at radius 1 is 1.13 bits per heavy atom. The fourth-order valence-electron chi connectivity index (χ4n) is 2.79. The molecule has 0 spiro atoms. The first kappa shape index (κ1) is 15.6. The predicted octanol–water partition coefficient (Wildman–Crippen LogP) is 4.27. The minimum Gasteiger partial charge on any atom is -0.497 e. The van der Waals surface area contributed by atoms with Gasteiger partial charge in [0.15, 0.2) is 0 Å². The molecule has 0 N–H and O–H groups in total. The number of hydrogen-bond donors (Lipinski definition) is 0. The van der Waals surface area contributed by atoms with Crippen LogP contribution in [-0.4, -0.2) is 11.7 Å². The molecule has 0 aliphatic heterocycles. The van der Waals surface area contributed by atoms with Crippen molar-refractivity contribution in [2.45, 2.75) is 19.9 Å². The second-order valence-corrected chi connectivity index (χ2v) is 5.84. The zero-order valence-corrected chi connectivity index (χ0v) is 13.9. The Bertz CT molecular complexity index is 898. The molecular weight excluding hydrogens is 310 g/mol. The van der Waals surface area contributed by atoms with E-state index in [1.807, 2.05) is 42.5 Å². The van der Waals surface area contributed by atoms with E-state index < -0.39 is 0 Å². The zero-order chi connectivity index (χ0) is 16.4. The summed E-state index contributed by atoms with van der Waals surface area (Å²) >= 11 is 6.24. The second-order valence-electron chi connectivity index (χ2n) is 5.43. The van der Waals surface area contributed by atoms with Gasteiger partial charge in [-0.15, -0.1) is 0 Å². The highest BCUT2D eigenvalue weighted by Gasteiger charge is 2.11. The Balaban J connectivity index is 2.13. The largest absolute Gasteiger partial charge is 0.497 e. The van der Waals surface area contributed by atoms with Gasteiger partial charge in [0.25, 0.3) is 5.56 Å². The molecule has 23 heavy (non-hydrogen) atoms. The Morgan fingerprint density at radius 3 is 2.52 bits per heavy atom. The quantitative estimate of drug-likeness (QED) is 0.716. The standard InChI is InChI=1S/C19H18ClNO2/c1-3-15-11-14-5-4-6-17(20)18(14)19(22)21(15)12-13-7-9-16(23-2)10-8-13/h4-11H,3,12H2,1-2H3. The monoisotopic (exact) mass is 327 g/mol. The zero-order valence-electron chi connectivity index (χ0n) is 13.2. The van der Waals surface area contributed by atoms with Crippen LogP contribution in [0.4, 0.5) is 0 Å². The number of hydrogen-bond acceptors (Lipinski definition) is 2. The van der Waals surface area contributed by atoms with Gasteiger partial charge in [-0.2, -0.15) is 0 Å². The summed E-state index contributed by atoms with van der Waals surface area (Å²) in [6, 6.07) is 15.4. The smallest absolute Gasteiger partial charge is 0.260 e. The molecule has 2 aromatic carbocycles. The number of methoxy groups -OCH3 is 1. The molecule has 0 aliphatic carbocycles. The minimum absolute atomic E-state index is 0.0410. The van der Waals surface area contributed by atoms with Gasteiger partial charge in [-0.05, 0) is 41.6 Å². The Kier molecular flexibility index (Phi) is 4.39. The van der Waals surface area contributed by atoms with Crippen molar-refractivity contribution in [2.24, 2.45) is 0 Å². The van der Waals surface area contributed by atoms with Crippen LogP contribution in [0.25, 0.3) is 10.8 Å². The first-order chi connectivity index (χ1) is 11.1. The number of aryl methyl sites for hydroxylation is 1.